The second-order valence-corrected chi connectivity index (χ2v) is 12.5. The zero-order chi connectivity index (χ0) is 27.7. The molecule has 214 valence electrons. The molecular weight excluding hydrogens is 476 g/mol. The maximum Gasteiger partial charge on any atom is 0.338 e. The summed E-state index contributed by atoms with van der Waals surface area (Å²) < 4.78 is 11.1. The lowest BCUT2D eigenvalue weighted by Gasteiger charge is -2.27. The highest BCUT2D eigenvalue weighted by molar-refractivity contribution is 5.95. The van der Waals surface area contributed by atoms with Gasteiger partial charge in [0, 0.05) is 24.2 Å². The van der Waals surface area contributed by atoms with Crippen LogP contribution in [0.4, 0.5) is 0 Å². The van der Waals surface area contributed by atoms with E-state index in [-0.39, 0.29) is 11.9 Å². The van der Waals surface area contributed by atoms with Crippen LogP contribution in [0.1, 0.15) is 113 Å². The molecule has 0 spiro atoms. The highest BCUT2D eigenvalue weighted by Crippen LogP contribution is 2.30. The topological polar surface area (TPSA) is 59.1 Å². The maximum absolute atomic E-state index is 12.6. The summed E-state index contributed by atoms with van der Waals surface area (Å²) in [6.07, 6.45) is 11.3. The van der Waals surface area contributed by atoms with Crippen LogP contribution >= 0.6 is 0 Å². The van der Waals surface area contributed by atoms with Crippen LogP contribution in [-0.4, -0.2) is 73.2 Å². The zero-order valence-electron chi connectivity index (χ0n) is 24.8. The number of rotatable bonds is 14. The quantitative estimate of drug-likeness (QED) is 0.201. The van der Waals surface area contributed by atoms with E-state index in [0.29, 0.717) is 48.5 Å². The van der Waals surface area contributed by atoms with Crippen molar-refractivity contribution in [1.82, 2.24) is 9.80 Å². The minimum atomic E-state index is -0.377. The van der Waals surface area contributed by atoms with Gasteiger partial charge in [0.15, 0.2) is 0 Å². The fourth-order valence-corrected chi connectivity index (χ4v) is 6.44. The lowest BCUT2D eigenvalue weighted by molar-refractivity contribution is 0.0487. The Hall–Kier alpha value is -1.92. The molecular formula is C32H52N2O4. The summed E-state index contributed by atoms with van der Waals surface area (Å²) in [5, 5.41) is 0. The molecule has 2 saturated heterocycles. The second-order valence-electron chi connectivity index (χ2n) is 12.5. The van der Waals surface area contributed by atoms with Crippen LogP contribution in [0.25, 0.3) is 0 Å². The van der Waals surface area contributed by atoms with Gasteiger partial charge in [-0.05, 0) is 108 Å². The van der Waals surface area contributed by atoms with Gasteiger partial charge in [-0.1, -0.05) is 33.8 Å². The second kappa shape index (κ2) is 15.0. The molecule has 3 rings (SSSR count). The van der Waals surface area contributed by atoms with Crippen LogP contribution in [0.2, 0.25) is 0 Å². The van der Waals surface area contributed by atoms with Crippen molar-refractivity contribution < 1.29 is 19.1 Å². The number of nitrogens with zero attached hydrogens (tertiary/aromatic N) is 2. The molecule has 6 heteroatoms. The number of likely N-dealkylation sites (tertiary alicyclic amines) is 2. The van der Waals surface area contributed by atoms with Crippen molar-refractivity contribution in [3.05, 3.63) is 35.4 Å². The van der Waals surface area contributed by atoms with E-state index < -0.39 is 0 Å². The lowest BCUT2D eigenvalue weighted by atomic mass is 10.0. The predicted octanol–water partition coefficient (Wildman–Crippen LogP) is 6.58. The van der Waals surface area contributed by atoms with E-state index in [1.807, 2.05) is 0 Å². The van der Waals surface area contributed by atoms with E-state index in [1.54, 1.807) is 24.3 Å². The minimum Gasteiger partial charge on any atom is -0.462 e. The average molecular weight is 529 g/mol. The first kappa shape index (κ1) is 30.6. The number of benzene rings is 1. The Morgan fingerprint density at radius 3 is 1.53 bits per heavy atom. The third-order valence-electron chi connectivity index (χ3n) is 8.62. The van der Waals surface area contributed by atoms with Gasteiger partial charge in [0.2, 0.25) is 0 Å². The molecule has 6 nitrogen and oxygen atoms in total. The lowest BCUT2D eigenvalue weighted by Crippen LogP contribution is -2.33. The average Bonchev–Trinajstić information content (AvgIpc) is 3.40. The van der Waals surface area contributed by atoms with E-state index in [9.17, 15) is 9.59 Å². The molecule has 4 unspecified atom stereocenters. The van der Waals surface area contributed by atoms with Crippen molar-refractivity contribution in [3.63, 3.8) is 0 Å². The minimum absolute atomic E-state index is 0.377. The number of carbonyl (C=O) groups excluding carboxylic acids is 2. The van der Waals surface area contributed by atoms with Gasteiger partial charge in [-0.3, -0.25) is 0 Å². The summed E-state index contributed by atoms with van der Waals surface area (Å²) in [5.41, 5.74) is 0.802. The number of hydrogen-bond donors (Lipinski definition) is 0. The van der Waals surface area contributed by atoms with Gasteiger partial charge in [-0.15, -0.1) is 0 Å². The predicted molar refractivity (Wildman–Crippen MR) is 154 cm³/mol. The summed E-state index contributed by atoms with van der Waals surface area (Å²) >= 11 is 0. The first-order valence-electron chi connectivity index (χ1n) is 15.0. The van der Waals surface area contributed by atoms with Crippen LogP contribution in [-0.2, 0) is 9.47 Å². The Kier molecular flexibility index (Phi) is 12.1. The van der Waals surface area contributed by atoms with E-state index in [2.05, 4.69) is 51.6 Å². The largest absolute Gasteiger partial charge is 0.462 e. The van der Waals surface area contributed by atoms with Crippen molar-refractivity contribution in [2.75, 3.05) is 27.3 Å². The van der Waals surface area contributed by atoms with Crippen molar-refractivity contribution in [2.24, 2.45) is 11.8 Å². The Balaban J connectivity index is 1.34. The van der Waals surface area contributed by atoms with Gasteiger partial charge in [0.25, 0.3) is 0 Å². The molecule has 0 aromatic heterocycles. The van der Waals surface area contributed by atoms with Crippen molar-refractivity contribution in [2.45, 2.75) is 116 Å². The number of carbonyl (C=O) groups is 2. The van der Waals surface area contributed by atoms with Gasteiger partial charge in [-0.25, -0.2) is 9.59 Å². The third-order valence-corrected chi connectivity index (χ3v) is 8.62. The molecule has 0 bridgehead atoms. The summed E-state index contributed by atoms with van der Waals surface area (Å²) in [7, 11) is 4.47. The number of esters is 2. The molecule has 2 aliphatic heterocycles. The van der Waals surface area contributed by atoms with Crippen molar-refractivity contribution in [3.8, 4) is 0 Å². The first-order valence-corrected chi connectivity index (χ1v) is 15.0. The van der Waals surface area contributed by atoms with E-state index in [1.165, 1.54) is 38.5 Å². The van der Waals surface area contributed by atoms with Gasteiger partial charge in [0.05, 0.1) is 24.3 Å². The zero-order valence-corrected chi connectivity index (χ0v) is 24.8. The van der Waals surface area contributed by atoms with E-state index in [0.717, 1.165) is 37.5 Å². The fraction of sp³-hybridized carbons (Fsp3) is 0.750. The molecule has 2 heterocycles. The molecule has 0 amide bonds. The molecule has 2 aliphatic rings. The standard InChI is InChI=1S/C32H52N2O4/c1-23(2)20-29-16-14-27(33(29)5)12-8-18-37-31(35)25-10-7-11-26(22-25)32(36)38-19-9-13-28-15-17-30(34(28)6)21-24(3)4/h7,10-11,22-24,27-30H,8-9,12-21H2,1-6H3. The summed E-state index contributed by atoms with van der Waals surface area (Å²) in [4.78, 5) is 30.2. The molecule has 1 aromatic carbocycles. The fourth-order valence-electron chi connectivity index (χ4n) is 6.44. The summed E-state index contributed by atoms with van der Waals surface area (Å²) in [6.45, 7) is 9.95. The highest BCUT2D eigenvalue weighted by atomic mass is 16.5. The first-order chi connectivity index (χ1) is 18.2. The maximum atomic E-state index is 12.6. The molecule has 0 saturated carbocycles. The monoisotopic (exact) mass is 528 g/mol. The molecule has 2 fully saturated rings. The van der Waals surface area contributed by atoms with Gasteiger partial charge < -0.3 is 19.3 Å². The van der Waals surface area contributed by atoms with Gasteiger partial charge in [0.1, 0.15) is 0 Å². The van der Waals surface area contributed by atoms with Crippen LogP contribution in [0.15, 0.2) is 24.3 Å². The summed E-state index contributed by atoms with van der Waals surface area (Å²) in [5.74, 6) is 0.683. The van der Waals surface area contributed by atoms with Crippen LogP contribution < -0.4 is 0 Å². The van der Waals surface area contributed by atoms with Crippen LogP contribution in [0, 0.1) is 11.8 Å². The van der Waals surface area contributed by atoms with Gasteiger partial charge in [-0.2, -0.15) is 0 Å². The van der Waals surface area contributed by atoms with E-state index in [4.69, 9.17) is 9.47 Å². The molecule has 0 N–H and O–H groups in total. The Morgan fingerprint density at radius 1 is 0.737 bits per heavy atom. The molecule has 0 aliphatic carbocycles. The van der Waals surface area contributed by atoms with E-state index >= 15 is 0 Å². The Bertz CT molecular complexity index is 819. The molecule has 4 atom stereocenters. The van der Waals surface area contributed by atoms with Crippen LogP contribution in [0.3, 0.4) is 0 Å². The molecule has 38 heavy (non-hydrogen) atoms. The highest BCUT2D eigenvalue weighted by Gasteiger charge is 2.31. The normalized spacial score (nSPS) is 24.4. The number of ether oxygens (including phenoxy) is 2. The van der Waals surface area contributed by atoms with Gasteiger partial charge >= 0.3 is 11.9 Å². The SMILES string of the molecule is CC(C)CC1CCC(CCCOC(=O)c2cccc(C(=O)OCCCC3CCC(CC(C)C)N3C)c2)N1C. The molecule has 0 radical (unpaired) electrons. The summed E-state index contributed by atoms with van der Waals surface area (Å²) in [6, 6.07) is 9.21. The van der Waals surface area contributed by atoms with Crippen molar-refractivity contribution >= 4 is 11.9 Å². The third kappa shape index (κ3) is 9.08. The molecule has 1 aromatic rings. The Labute approximate surface area is 231 Å². The number of hydrogen-bond acceptors (Lipinski definition) is 6. The van der Waals surface area contributed by atoms with Crippen LogP contribution in [0.5, 0.6) is 0 Å². The smallest absolute Gasteiger partial charge is 0.338 e. The van der Waals surface area contributed by atoms with Crippen molar-refractivity contribution in [1.29, 1.82) is 0 Å². The Morgan fingerprint density at radius 2 is 1.13 bits per heavy atom.